The average Bonchev–Trinajstić information content (AvgIpc) is 3.22. The Morgan fingerprint density at radius 1 is 1.26 bits per heavy atom. The lowest BCUT2D eigenvalue weighted by Gasteiger charge is -2.15. The number of nitrogens with zero attached hydrogens (tertiary/aromatic N) is 2. The minimum absolute atomic E-state index is 0.0964. The second-order valence-corrected chi connectivity index (χ2v) is 6.64. The monoisotopic (exact) mass is 330 g/mol. The van der Waals surface area contributed by atoms with Crippen molar-refractivity contribution in [2.24, 2.45) is 0 Å². The number of ether oxygens (including phenoxy) is 1. The lowest BCUT2D eigenvalue weighted by molar-refractivity contribution is -0.565. The van der Waals surface area contributed by atoms with Crippen molar-refractivity contribution in [2.75, 3.05) is 0 Å². The van der Waals surface area contributed by atoms with Crippen LogP contribution < -0.4 is 9.47 Å². The molecule has 1 aliphatic rings. The molecule has 0 saturated heterocycles. The van der Waals surface area contributed by atoms with Crippen LogP contribution in [0.2, 0.25) is 0 Å². The smallest absolute Gasteiger partial charge is 0.297 e. The van der Waals surface area contributed by atoms with Crippen LogP contribution >= 0.6 is 11.3 Å². The number of rotatable bonds is 3. The molecule has 2 heterocycles. The van der Waals surface area contributed by atoms with Gasteiger partial charge >= 0.3 is 0 Å². The maximum atomic E-state index is 13.5. The van der Waals surface area contributed by atoms with Crippen LogP contribution in [0.5, 0.6) is 5.88 Å². The van der Waals surface area contributed by atoms with E-state index in [1.807, 2.05) is 17.5 Å². The van der Waals surface area contributed by atoms with Crippen LogP contribution in [0.1, 0.15) is 25.7 Å². The molecule has 0 radical (unpaired) electrons. The summed E-state index contributed by atoms with van der Waals surface area (Å²) < 4.78 is 20.3. The van der Waals surface area contributed by atoms with Crippen LogP contribution in [0.3, 0.4) is 0 Å². The Balaban J connectivity index is 1.91. The number of hydrogen-bond acceptors (Lipinski definition) is 4. The van der Waals surface area contributed by atoms with Crippen LogP contribution in [-0.4, -0.2) is 11.1 Å². The molecule has 0 bridgehead atoms. The second-order valence-electron chi connectivity index (χ2n) is 5.69. The quantitative estimate of drug-likeness (QED) is 0.537. The molecular formula is C17H15FN2O2S. The molecule has 2 aromatic heterocycles. The summed E-state index contributed by atoms with van der Waals surface area (Å²) in [7, 11) is 0. The van der Waals surface area contributed by atoms with Crippen LogP contribution in [0.15, 0.2) is 35.7 Å². The van der Waals surface area contributed by atoms with E-state index in [4.69, 9.17) is 4.74 Å². The van der Waals surface area contributed by atoms with Crippen molar-refractivity contribution in [3.05, 3.63) is 46.7 Å². The Morgan fingerprint density at radius 3 is 2.83 bits per heavy atom. The molecule has 0 amide bonds. The van der Waals surface area contributed by atoms with Gasteiger partial charge in [0.15, 0.2) is 0 Å². The van der Waals surface area contributed by atoms with Crippen molar-refractivity contribution >= 4 is 22.4 Å². The van der Waals surface area contributed by atoms with Gasteiger partial charge < -0.3 is 9.94 Å². The molecular weight excluding hydrogens is 315 g/mol. The van der Waals surface area contributed by atoms with E-state index in [0.717, 1.165) is 35.3 Å². The number of hydrogen-bond donors (Lipinski definition) is 0. The third-order valence-electron chi connectivity index (χ3n) is 4.12. The largest absolute Gasteiger partial charge is 0.618 e. The van der Waals surface area contributed by atoms with E-state index in [1.54, 1.807) is 0 Å². The van der Waals surface area contributed by atoms with Gasteiger partial charge in [-0.15, -0.1) is 11.3 Å². The molecule has 23 heavy (non-hydrogen) atoms. The van der Waals surface area contributed by atoms with Gasteiger partial charge in [0.1, 0.15) is 22.3 Å². The van der Waals surface area contributed by atoms with E-state index in [-0.39, 0.29) is 11.6 Å². The number of fused-ring (bicyclic) bond motifs is 1. The van der Waals surface area contributed by atoms with Crippen molar-refractivity contribution in [3.63, 3.8) is 0 Å². The molecule has 0 N–H and O–H groups in total. The van der Waals surface area contributed by atoms with E-state index >= 15 is 0 Å². The third-order valence-corrected chi connectivity index (χ3v) is 5.00. The average molecular weight is 330 g/mol. The van der Waals surface area contributed by atoms with Gasteiger partial charge in [0.25, 0.3) is 11.6 Å². The number of thiophene rings is 1. The highest BCUT2D eigenvalue weighted by atomic mass is 32.1. The Labute approximate surface area is 136 Å². The fourth-order valence-electron chi connectivity index (χ4n) is 2.99. The number of benzene rings is 1. The predicted molar refractivity (Wildman–Crippen MR) is 86.9 cm³/mol. The topological polar surface area (TPSA) is 49.1 Å². The molecule has 4 nitrogen and oxygen atoms in total. The molecule has 118 valence electrons. The normalized spacial score (nSPS) is 15.3. The molecule has 1 aromatic carbocycles. The van der Waals surface area contributed by atoms with Crippen molar-refractivity contribution < 1.29 is 13.9 Å². The van der Waals surface area contributed by atoms with E-state index in [1.165, 1.54) is 29.5 Å². The van der Waals surface area contributed by atoms with Crippen LogP contribution in [0.4, 0.5) is 4.39 Å². The van der Waals surface area contributed by atoms with Crippen molar-refractivity contribution in [3.8, 4) is 16.5 Å². The van der Waals surface area contributed by atoms with Gasteiger partial charge in [-0.2, -0.15) is 4.73 Å². The first-order chi connectivity index (χ1) is 11.2. The summed E-state index contributed by atoms with van der Waals surface area (Å²) in [4.78, 5) is 5.26. The van der Waals surface area contributed by atoms with E-state index in [0.29, 0.717) is 17.1 Å². The van der Waals surface area contributed by atoms with Gasteiger partial charge in [-0.05, 0) is 49.3 Å². The second kappa shape index (κ2) is 5.77. The first kappa shape index (κ1) is 14.4. The van der Waals surface area contributed by atoms with Gasteiger partial charge in [0.05, 0.1) is 0 Å². The molecule has 1 fully saturated rings. The molecule has 3 aromatic rings. The Kier molecular flexibility index (Phi) is 3.61. The van der Waals surface area contributed by atoms with Crippen LogP contribution in [-0.2, 0) is 0 Å². The third kappa shape index (κ3) is 2.63. The summed E-state index contributed by atoms with van der Waals surface area (Å²) >= 11 is 1.44. The maximum Gasteiger partial charge on any atom is 0.297 e. The number of aromatic nitrogens is 2. The fourth-order valence-corrected chi connectivity index (χ4v) is 3.73. The summed E-state index contributed by atoms with van der Waals surface area (Å²) in [6.45, 7) is 0. The molecule has 0 atom stereocenters. The lowest BCUT2D eigenvalue weighted by atomic mass is 10.2. The highest BCUT2D eigenvalue weighted by Gasteiger charge is 2.27. The van der Waals surface area contributed by atoms with E-state index < -0.39 is 5.82 Å². The standard InChI is InChI=1S/C17H15FN2O2S/c18-11-7-8-13-14(10-11)20(21)16(15-6-3-9-23-15)17(19-13)22-12-4-1-2-5-12/h3,6-10,12H,1-2,4-5H2. The zero-order valence-corrected chi connectivity index (χ0v) is 13.2. The van der Waals surface area contributed by atoms with Gasteiger partial charge in [-0.3, -0.25) is 0 Å². The molecule has 6 heteroatoms. The highest BCUT2D eigenvalue weighted by Crippen LogP contribution is 2.33. The van der Waals surface area contributed by atoms with E-state index in [9.17, 15) is 9.60 Å². The molecule has 4 rings (SSSR count). The summed E-state index contributed by atoms with van der Waals surface area (Å²) in [6.07, 6.45) is 4.32. The Morgan fingerprint density at radius 2 is 2.09 bits per heavy atom. The van der Waals surface area contributed by atoms with Gasteiger partial charge in [-0.1, -0.05) is 6.07 Å². The zero-order valence-electron chi connectivity index (χ0n) is 12.4. The van der Waals surface area contributed by atoms with Crippen molar-refractivity contribution in [1.82, 2.24) is 4.98 Å². The minimum Gasteiger partial charge on any atom is -0.618 e. The predicted octanol–water partition coefficient (Wildman–Crippen LogP) is 4.06. The zero-order chi connectivity index (χ0) is 15.8. The fraction of sp³-hybridized carbons (Fsp3) is 0.294. The molecule has 0 unspecified atom stereocenters. The summed E-state index contributed by atoms with van der Waals surface area (Å²) in [6, 6.07) is 7.75. The summed E-state index contributed by atoms with van der Waals surface area (Å²) in [5.74, 6) is -0.112. The minimum atomic E-state index is -0.453. The first-order valence-corrected chi connectivity index (χ1v) is 8.54. The molecule has 1 aliphatic carbocycles. The van der Waals surface area contributed by atoms with Gasteiger partial charge in [0, 0.05) is 6.07 Å². The van der Waals surface area contributed by atoms with Crippen molar-refractivity contribution in [2.45, 2.75) is 31.8 Å². The lowest BCUT2D eigenvalue weighted by Crippen LogP contribution is -2.32. The Bertz CT molecular complexity index is 845. The van der Waals surface area contributed by atoms with Crippen LogP contribution in [0, 0.1) is 11.0 Å². The van der Waals surface area contributed by atoms with Gasteiger partial charge in [-0.25, -0.2) is 9.37 Å². The summed E-state index contributed by atoms with van der Waals surface area (Å²) in [5, 5.41) is 14.7. The van der Waals surface area contributed by atoms with E-state index in [2.05, 4.69) is 4.98 Å². The number of halogens is 1. The first-order valence-electron chi connectivity index (χ1n) is 7.66. The molecule has 0 aliphatic heterocycles. The molecule has 0 spiro atoms. The van der Waals surface area contributed by atoms with Gasteiger partial charge in [0.2, 0.25) is 5.52 Å². The highest BCUT2D eigenvalue weighted by molar-refractivity contribution is 7.13. The van der Waals surface area contributed by atoms with Crippen molar-refractivity contribution in [1.29, 1.82) is 0 Å². The van der Waals surface area contributed by atoms with Crippen LogP contribution in [0.25, 0.3) is 21.6 Å². The Hall–Kier alpha value is -2.21. The summed E-state index contributed by atoms with van der Waals surface area (Å²) in [5.41, 5.74) is 1.02. The molecule has 1 saturated carbocycles. The SMILES string of the molecule is [O-][n+]1c(-c2cccs2)c(OC2CCCC2)nc2ccc(F)cc21. The maximum absolute atomic E-state index is 13.5.